The molecule has 1 aromatic carbocycles. The molecular weight excluding hydrogens is 226 g/mol. The van der Waals surface area contributed by atoms with E-state index < -0.39 is 0 Å². The van der Waals surface area contributed by atoms with Gasteiger partial charge >= 0.3 is 0 Å². The van der Waals surface area contributed by atoms with Gasteiger partial charge in [-0.05, 0) is 42.5 Å². The summed E-state index contributed by atoms with van der Waals surface area (Å²) in [5.74, 6) is 5.42. The van der Waals surface area contributed by atoms with Gasteiger partial charge in [0.1, 0.15) is 0 Å². The molecule has 2 rings (SSSR count). The molecule has 0 spiro atoms. The van der Waals surface area contributed by atoms with Crippen molar-refractivity contribution in [1.29, 1.82) is 0 Å². The molecule has 0 bridgehead atoms. The number of nitrogens with zero attached hydrogens (tertiary/aromatic N) is 1. The van der Waals surface area contributed by atoms with Crippen LogP contribution in [0.5, 0.6) is 0 Å². The number of hydrogen-bond donors (Lipinski definition) is 2. The molecule has 1 aromatic rings. The van der Waals surface area contributed by atoms with E-state index in [4.69, 9.17) is 5.84 Å². The zero-order valence-electron chi connectivity index (χ0n) is 11.1. The van der Waals surface area contributed by atoms with Gasteiger partial charge in [-0.15, -0.1) is 0 Å². The number of carbonyl (C=O) groups excluding carboxylic acids is 1. The smallest absolute Gasteiger partial charge is 0.253 e. The number of amides is 1. The van der Waals surface area contributed by atoms with Crippen LogP contribution < -0.4 is 11.3 Å². The number of carbonyl (C=O) groups is 1. The Hall–Kier alpha value is -1.55. The Labute approximate surface area is 108 Å². The molecule has 0 radical (unpaired) electrons. The van der Waals surface area contributed by atoms with Gasteiger partial charge in [0, 0.05) is 24.3 Å². The van der Waals surface area contributed by atoms with E-state index in [0.717, 1.165) is 37.2 Å². The van der Waals surface area contributed by atoms with Gasteiger partial charge in [0.25, 0.3) is 5.91 Å². The fourth-order valence-corrected chi connectivity index (χ4v) is 2.21. The van der Waals surface area contributed by atoms with Crippen molar-refractivity contribution in [2.45, 2.75) is 26.7 Å². The monoisotopic (exact) mass is 247 g/mol. The summed E-state index contributed by atoms with van der Waals surface area (Å²) < 4.78 is 0. The Morgan fingerprint density at radius 3 is 2.28 bits per heavy atom. The van der Waals surface area contributed by atoms with Crippen LogP contribution in [0, 0.1) is 5.41 Å². The van der Waals surface area contributed by atoms with Crippen LogP contribution in [0.25, 0.3) is 0 Å². The van der Waals surface area contributed by atoms with E-state index in [2.05, 4.69) is 19.3 Å². The second-order valence-electron chi connectivity index (χ2n) is 5.68. The summed E-state index contributed by atoms with van der Waals surface area (Å²) in [5.41, 5.74) is 4.47. The number of piperidine rings is 1. The van der Waals surface area contributed by atoms with E-state index in [-0.39, 0.29) is 5.91 Å². The van der Waals surface area contributed by atoms with Crippen LogP contribution in [-0.4, -0.2) is 23.9 Å². The standard InChI is InChI=1S/C14H21N3O/c1-14(2)7-9-17(10-8-14)13(18)11-3-5-12(16-15)6-4-11/h3-6,16H,7-10,15H2,1-2H3. The van der Waals surface area contributed by atoms with Crippen LogP contribution in [0.1, 0.15) is 37.0 Å². The molecule has 4 heteroatoms. The quantitative estimate of drug-likeness (QED) is 0.622. The van der Waals surface area contributed by atoms with Gasteiger partial charge in [0.05, 0.1) is 0 Å². The van der Waals surface area contributed by atoms with Crippen molar-refractivity contribution in [2.75, 3.05) is 18.5 Å². The third-order valence-electron chi connectivity index (χ3n) is 3.70. The minimum absolute atomic E-state index is 0.120. The number of anilines is 1. The summed E-state index contributed by atoms with van der Waals surface area (Å²) in [7, 11) is 0. The highest BCUT2D eigenvalue weighted by atomic mass is 16.2. The average molecular weight is 247 g/mol. The van der Waals surface area contributed by atoms with Crippen LogP contribution in [0.3, 0.4) is 0 Å². The molecule has 1 heterocycles. The minimum Gasteiger partial charge on any atom is -0.339 e. The number of nitrogens with one attached hydrogen (secondary N) is 1. The van der Waals surface area contributed by atoms with E-state index in [1.54, 1.807) is 0 Å². The molecule has 0 atom stereocenters. The third-order valence-corrected chi connectivity index (χ3v) is 3.70. The minimum atomic E-state index is 0.120. The van der Waals surface area contributed by atoms with Gasteiger partial charge in [-0.25, -0.2) is 0 Å². The van der Waals surface area contributed by atoms with Crippen molar-refractivity contribution in [2.24, 2.45) is 11.3 Å². The normalized spacial score (nSPS) is 18.5. The Morgan fingerprint density at radius 2 is 1.78 bits per heavy atom. The maximum atomic E-state index is 12.3. The second kappa shape index (κ2) is 4.98. The summed E-state index contributed by atoms with van der Waals surface area (Å²) in [5, 5.41) is 0. The van der Waals surface area contributed by atoms with E-state index in [9.17, 15) is 4.79 Å². The lowest BCUT2D eigenvalue weighted by molar-refractivity contribution is 0.0630. The predicted molar refractivity (Wildman–Crippen MR) is 73.2 cm³/mol. The van der Waals surface area contributed by atoms with Crippen LogP contribution in [0.2, 0.25) is 0 Å². The Bertz CT molecular complexity index is 415. The van der Waals surface area contributed by atoms with Gasteiger partial charge in [-0.2, -0.15) is 0 Å². The van der Waals surface area contributed by atoms with E-state index >= 15 is 0 Å². The molecule has 1 fully saturated rings. The Balaban J connectivity index is 2.03. The van der Waals surface area contributed by atoms with Gasteiger partial charge in [-0.3, -0.25) is 10.6 Å². The van der Waals surface area contributed by atoms with Crippen molar-refractivity contribution >= 4 is 11.6 Å². The lowest BCUT2D eigenvalue weighted by Crippen LogP contribution is -2.41. The molecule has 1 amide bonds. The van der Waals surface area contributed by atoms with Crippen LogP contribution >= 0.6 is 0 Å². The first kappa shape index (κ1) is 12.9. The van der Waals surface area contributed by atoms with Gasteiger partial charge < -0.3 is 10.3 Å². The highest BCUT2D eigenvalue weighted by Gasteiger charge is 2.28. The average Bonchev–Trinajstić information content (AvgIpc) is 2.38. The summed E-state index contributed by atoms with van der Waals surface area (Å²) in [6.07, 6.45) is 2.14. The van der Waals surface area contributed by atoms with Crippen LogP contribution in [-0.2, 0) is 0 Å². The van der Waals surface area contributed by atoms with Crippen LogP contribution in [0.4, 0.5) is 5.69 Å². The fraction of sp³-hybridized carbons (Fsp3) is 0.500. The molecule has 0 aromatic heterocycles. The summed E-state index contributed by atoms with van der Waals surface area (Å²) in [4.78, 5) is 14.2. The number of rotatable bonds is 2. The SMILES string of the molecule is CC1(C)CCN(C(=O)c2ccc(NN)cc2)CC1. The second-order valence-corrected chi connectivity index (χ2v) is 5.68. The predicted octanol–water partition coefficient (Wildman–Crippen LogP) is 2.23. The number of hydrazine groups is 1. The first-order valence-corrected chi connectivity index (χ1v) is 6.38. The summed E-state index contributed by atoms with van der Waals surface area (Å²) in [6.45, 7) is 6.22. The molecule has 18 heavy (non-hydrogen) atoms. The molecular formula is C14H21N3O. The molecule has 1 aliphatic rings. The topological polar surface area (TPSA) is 58.4 Å². The zero-order chi connectivity index (χ0) is 13.2. The van der Waals surface area contributed by atoms with Crippen molar-refractivity contribution in [1.82, 2.24) is 4.90 Å². The zero-order valence-corrected chi connectivity index (χ0v) is 11.1. The maximum absolute atomic E-state index is 12.3. The molecule has 98 valence electrons. The summed E-state index contributed by atoms with van der Waals surface area (Å²) in [6, 6.07) is 7.27. The van der Waals surface area contributed by atoms with Gasteiger partial charge in [0.2, 0.25) is 0 Å². The van der Waals surface area contributed by atoms with Crippen molar-refractivity contribution in [3.05, 3.63) is 29.8 Å². The fourth-order valence-electron chi connectivity index (χ4n) is 2.21. The third kappa shape index (κ3) is 2.82. The first-order chi connectivity index (χ1) is 8.52. The van der Waals surface area contributed by atoms with E-state index in [0.29, 0.717) is 5.41 Å². The number of likely N-dealkylation sites (tertiary alicyclic amines) is 1. The highest BCUT2D eigenvalue weighted by Crippen LogP contribution is 2.30. The largest absolute Gasteiger partial charge is 0.339 e. The van der Waals surface area contributed by atoms with Gasteiger partial charge in [-0.1, -0.05) is 13.8 Å². The molecule has 3 N–H and O–H groups in total. The maximum Gasteiger partial charge on any atom is 0.253 e. The molecule has 0 aliphatic carbocycles. The van der Waals surface area contributed by atoms with Crippen molar-refractivity contribution in [3.63, 3.8) is 0 Å². The Kier molecular flexibility index (Phi) is 3.57. The highest BCUT2D eigenvalue weighted by molar-refractivity contribution is 5.94. The van der Waals surface area contributed by atoms with Gasteiger partial charge in [0.15, 0.2) is 0 Å². The molecule has 1 aliphatic heterocycles. The molecule has 0 saturated carbocycles. The lowest BCUT2D eigenvalue weighted by Gasteiger charge is -2.37. The first-order valence-electron chi connectivity index (χ1n) is 6.38. The number of hydrogen-bond acceptors (Lipinski definition) is 3. The number of nitrogen functional groups attached to an aromatic ring is 1. The van der Waals surface area contributed by atoms with E-state index in [1.807, 2.05) is 29.2 Å². The molecule has 1 saturated heterocycles. The number of benzene rings is 1. The van der Waals surface area contributed by atoms with Crippen molar-refractivity contribution < 1.29 is 4.79 Å². The molecule has 4 nitrogen and oxygen atoms in total. The number of nitrogens with two attached hydrogens (primary N) is 1. The molecule has 0 unspecified atom stereocenters. The lowest BCUT2D eigenvalue weighted by atomic mass is 9.82. The Morgan fingerprint density at radius 1 is 1.22 bits per heavy atom. The summed E-state index contributed by atoms with van der Waals surface area (Å²) >= 11 is 0. The van der Waals surface area contributed by atoms with Crippen molar-refractivity contribution in [3.8, 4) is 0 Å². The van der Waals surface area contributed by atoms with Crippen LogP contribution in [0.15, 0.2) is 24.3 Å². The van der Waals surface area contributed by atoms with E-state index in [1.165, 1.54) is 0 Å².